The molecule has 0 amide bonds. The van der Waals surface area contributed by atoms with E-state index in [1.165, 1.54) is 32.1 Å². The summed E-state index contributed by atoms with van der Waals surface area (Å²) < 4.78 is 0. The lowest BCUT2D eigenvalue weighted by Gasteiger charge is -2.34. The van der Waals surface area contributed by atoms with Crippen LogP contribution in [-0.4, -0.2) is 0 Å². The van der Waals surface area contributed by atoms with Crippen LogP contribution in [0.2, 0.25) is 0 Å². The largest absolute Gasteiger partial charge is 0.103 e. The van der Waals surface area contributed by atoms with E-state index in [2.05, 4.69) is 47.3 Å². The second-order valence-corrected chi connectivity index (χ2v) is 5.26. The molecule has 102 valence electrons. The molecule has 0 aliphatic heterocycles. The molecule has 18 heavy (non-hydrogen) atoms. The van der Waals surface area contributed by atoms with Crippen LogP contribution in [0.4, 0.5) is 0 Å². The van der Waals surface area contributed by atoms with Crippen molar-refractivity contribution in [2.24, 2.45) is 5.41 Å². The third-order valence-corrected chi connectivity index (χ3v) is 4.76. The summed E-state index contributed by atoms with van der Waals surface area (Å²) >= 11 is 0. The molecule has 0 radical (unpaired) electrons. The summed E-state index contributed by atoms with van der Waals surface area (Å²) in [4.78, 5) is 0. The second kappa shape index (κ2) is 6.41. The van der Waals surface area contributed by atoms with Gasteiger partial charge in [0.05, 0.1) is 0 Å². The molecule has 0 heteroatoms. The van der Waals surface area contributed by atoms with Crippen LogP contribution in [0, 0.1) is 5.41 Å². The lowest BCUT2D eigenvalue weighted by molar-refractivity contribution is 0.402. The van der Waals surface area contributed by atoms with Crippen molar-refractivity contribution >= 4 is 0 Å². The van der Waals surface area contributed by atoms with Gasteiger partial charge in [0.2, 0.25) is 0 Å². The minimum atomic E-state index is 0.307. The molecule has 0 aromatic carbocycles. The Morgan fingerprint density at radius 2 is 1.28 bits per heavy atom. The first-order valence-corrected chi connectivity index (χ1v) is 7.72. The Morgan fingerprint density at radius 1 is 0.833 bits per heavy atom. The van der Waals surface area contributed by atoms with E-state index < -0.39 is 0 Å². The Hall–Kier alpha value is -0.780. The lowest BCUT2D eigenvalue weighted by atomic mass is 9.70. The van der Waals surface area contributed by atoms with Crippen LogP contribution in [0.25, 0.3) is 0 Å². The normalized spacial score (nSPS) is 18.7. The summed E-state index contributed by atoms with van der Waals surface area (Å²) in [7, 11) is 0. The molecule has 0 spiro atoms. The number of allylic oxidation sites excluding steroid dienone is 5. The molecule has 0 N–H and O–H groups in total. The summed E-state index contributed by atoms with van der Waals surface area (Å²) in [5, 5.41) is 0. The fourth-order valence-electron chi connectivity index (χ4n) is 4.15. The first kappa shape index (κ1) is 15.3. The Kier molecular flexibility index (Phi) is 5.44. The van der Waals surface area contributed by atoms with Crippen molar-refractivity contribution in [2.45, 2.75) is 73.1 Å². The molecule has 0 unspecified atom stereocenters. The predicted octanol–water partition coefficient (Wildman–Crippen LogP) is 6.21. The van der Waals surface area contributed by atoms with E-state index in [0.717, 1.165) is 6.42 Å². The van der Waals surface area contributed by atoms with E-state index in [-0.39, 0.29) is 0 Å². The number of hydrogen-bond donors (Lipinski definition) is 0. The highest BCUT2D eigenvalue weighted by molar-refractivity contribution is 5.53. The third kappa shape index (κ3) is 2.11. The van der Waals surface area contributed by atoms with Gasteiger partial charge in [0.1, 0.15) is 0 Å². The summed E-state index contributed by atoms with van der Waals surface area (Å²) in [6.07, 6.45) is 9.22. The smallest absolute Gasteiger partial charge is 0.0164 e. The summed E-state index contributed by atoms with van der Waals surface area (Å²) in [6, 6.07) is 0. The van der Waals surface area contributed by atoms with E-state index in [4.69, 9.17) is 0 Å². The van der Waals surface area contributed by atoms with E-state index in [0.29, 0.717) is 5.41 Å². The van der Waals surface area contributed by atoms with Crippen LogP contribution in [-0.2, 0) is 0 Å². The van der Waals surface area contributed by atoms with Crippen molar-refractivity contribution < 1.29 is 0 Å². The number of rotatable bonds is 7. The van der Waals surface area contributed by atoms with Crippen molar-refractivity contribution in [1.29, 1.82) is 0 Å². The van der Waals surface area contributed by atoms with Gasteiger partial charge in [0.25, 0.3) is 0 Å². The standard InChI is InChI=1S/C18H30/c1-7-13-18(12-6)16(10-4)14(8-2)15(9-3)17(18)11-5/h7H,1,8-13H2,2-6H3. The first-order valence-electron chi connectivity index (χ1n) is 7.72. The van der Waals surface area contributed by atoms with Crippen molar-refractivity contribution in [1.82, 2.24) is 0 Å². The van der Waals surface area contributed by atoms with Gasteiger partial charge >= 0.3 is 0 Å². The van der Waals surface area contributed by atoms with Crippen LogP contribution in [0.3, 0.4) is 0 Å². The zero-order valence-electron chi connectivity index (χ0n) is 13.0. The zero-order chi connectivity index (χ0) is 13.8. The first-order chi connectivity index (χ1) is 8.66. The molecule has 0 saturated carbocycles. The maximum absolute atomic E-state index is 4.01. The molecular weight excluding hydrogens is 216 g/mol. The molecule has 0 aromatic heterocycles. The SMILES string of the molecule is C=CCC1(CC)C(CC)=C(CC)C(CC)=C1CC. The molecule has 1 aliphatic rings. The van der Waals surface area contributed by atoms with Gasteiger partial charge in [-0.25, -0.2) is 0 Å². The minimum Gasteiger partial charge on any atom is -0.103 e. The average Bonchev–Trinajstić information content (AvgIpc) is 2.67. The van der Waals surface area contributed by atoms with Crippen molar-refractivity contribution in [3.63, 3.8) is 0 Å². The summed E-state index contributed by atoms with van der Waals surface area (Å²) in [5.74, 6) is 0. The molecule has 0 saturated heterocycles. The Morgan fingerprint density at radius 3 is 1.50 bits per heavy atom. The topological polar surface area (TPSA) is 0 Å². The summed E-state index contributed by atoms with van der Waals surface area (Å²) in [5.41, 5.74) is 7.06. The highest BCUT2D eigenvalue weighted by atomic mass is 14.4. The van der Waals surface area contributed by atoms with Crippen LogP contribution in [0.5, 0.6) is 0 Å². The van der Waals surface area contributed by atoms with Crippen LogP contribution in [0.15, 0.2) is 34.9 Å². The molecule has 1 aliphatic carbocycles. The quantitative estimate of drug-likeness (QED) is 0.469. The van der Waals surface area contributed by atoms with Crippen molar-refractivity contribution in [3.05, 3.63) is 34.9 Å². The van der Waals surface area contributed by atoms with Crippen LogP contribution < -0.4 is 0 Å². The van der Waals surface area contributed by atoms with Gasteiger partial charge in [-0.2, -0.15) is 0 Å². The van der Waals surface area contributed by atoms with Crippen molar-refractivity contribution in [2.75, 3.05) is 0 Å². The van der Waals surface area contributed by atoms with Crippen molar-refractivity contribution in [3.8, 4) is 0 Å². The van der Waals surface area contributed by atoms with E-state index in [9.17, 15) is 0 Å². The van der Waals surface area contributed by atoms with Crippen LogP contribution >= 0.6 is 0 Å². The highest BCUT2D eigenvalue weighted by Gasteiger charge is 2.41. The molecule has 0 aromatic rings. The molecule has 0 atom stereocenters. The predicted molar refractivity (Wildman–Crippen MR) is 82.8 cm³/mol. The van der Waals surface area contributed by atoms with Gasteiger partial charge in [0, 0.05) is 5.41 Å². The lowest BCUT2D eigenvalue weighted by Crippen LogP contribution is -2.22. The fourth-order valence-corrected chi connectivity index (χ4v) is 4.15. The number of hydrogen-bond acceptors (Lipinski definition) is 0. The Bertz CT molecular complexity index is 337. The van der Waals surface area contributed by atoms with Crippen LogP contribution in [0.1, 0.15) is 73.1 Å². The monoisotopic (exact) mass is 246 g/mol. The summed E-state index contributed by atoms with van der Waals surface area (Å²) in [6.45, 7) is 15.6. The molecule has 0 heterocycles. The zero-order valence-corrected chi connectivity index (χ0v) is 13.0. The molecular formula is C18H30. The van der Waals surface area contributed by atoms with Gasteiger partial charge in [0.15, 0.2) is 0 Å². The fraction of sp³-hybridized carbons (Fsp3) is 0.667. The Balaban J connectivity index is 3.49. The van der Waals surface area contributed by atoms with Gasteiger partial charge in [-0.05, 0) is 49.7 Å². The highest BCUT2D eigenvalue weighted by Crippen LogP contribution is 2.55. The maximum Gasteiger partial charge on any atom is 0.0164 e. The van der Waals surface area contributed by atoms with Gasteiger partial charge < -0.3 is 0 Å². The van der Waals surface area contributed by atoms with E-state index in [1.807, 2.05) is 0 Å². The Labute approximate surface area is 114 Å². The van der Waals surface area contributed by atoms with Gasteiger partial charge in [-0.1, -0.05) is 51.8 Å². The van der Waals surface area contributed by atoms with E-state index >= 15 is 0 Å². The molecule has 0 nitrogen and oxygen atoms in total. The average molecular weight is 246 g/mol. The maximum atomic E-state index is 4.01. The van der Waals surface area contributed by atoms with Gasteiger partial charge in [-0.15, -0.1) is 6.58 Å². The molecule has 0 bridgehead atoms. The third-order valence-electron chi connectivity index (χ3n) is 4.76. The van der Waals surface area contributed by atoms with E-state index in [1.54, 1.807) is 22.3 Å². The van der Waals surface area contributed by atoms with Gasteiger partial charge in [-0.3, -0.25) is 0 Å². The second-order valence-electron chi connectivity index (χ2n) is 5.26. The molecule has 0 fully saturated rings. The molecule has 1 rings (SSSR count). The minimum absolute atomic E-state index is 0.307.